The van der Waals surface area contributed by atoms with Crippen LogP contribution in [0.5, 0.6) is 0 Å². The van der Waals surface area contributed by atoms with Crippen molar-refractivity contribution in [3.8, 4) is 0 Å². The van der Waals surface area contributed by atoms with Gasteiger partial charge in [-0.1, -0.05) is 46.3 Å². The molecule has 1 aliphatic carbocycles. The van der Waals surface area contributed by atoms with Gasteiger partial charge in [0.1, 0.15) is 0 Å². The van der Waals surface area contributed by atoms with E-state index in [4.69, 9.17) is 0 Å². The highest BCUT2D eigenvalue weighted by atomic mass is 14.4. The molecule has 0 aliphatic heterocycles. The van der Waals surface area contributed by atoms with Crippen molar-refractivity contribution in [3.05, 3.63) is 11.6 Å². The summed E-state index contributed by atoms with van der Waals surface area (Å²) in [6.45, 7) is 13.3. The zero-order valence-electron chi connectivity index (χ0n) is 9.57. The SMILES string of the molecule is CC.CC1=CCCC1(C)C(C)C. The van der Waals surface area contributed by atoms with Crippen LogP contribution in [0, 0.1) is 11.3 Å². The molecule has 0 nitrogen and oxygen atoms in total. The van der Waals surface area contributed by atoms with E-state index in [0.717, 1.165) is 5.92 Å². The largest absolute Gasteiger partial charge is 0.0850 e. The maximum atomic E-state index is 2.39. The number of allylic oxidation sites excluding steroid dienone is 2. The lowest BCUT2D eigenvalue weighted by Gasteiger charge is -2.30. The molecule has 12 heavy (non-hydrogen) atoms. The van der Waals surface area contributed by atoms with Crippen LogP contribution in [0.25, 0.3) is 0 Å². The monoisotopic (exact) mass is 168 g/mol. The van der Waals surface area contributed by atoms with Gasteiger partial charge in [0, 0.05) is 0 Å². The van der Waals surface area contributed by atoms with Crippen LogP contribution < -0.4 is 0 Å². The fourth-order valence-corrected chi connectivity index (χ4v) is 1.76. The lowest BCUT2D eigenvalue weighted by molar-refractivity contribution is 0.274. The fourth-order valence-electron chi connectivity index (χ4n) is 1.76. The van der Waals surface area contributed by atoms with E-state index in [1.807, 2.05) is 13.8 Å². The summed E-state index contributed by atoms with van der Waals surface area (Å²) in [5, 5.41) is 0. The molecular formula is C12H24. The van der Waals surface area contributed by atoms with Crippen molar-refractivity contribution in [2.45, 2.75) is 54.4 Å². The van der Waals surface area contributed by atoms with Gasteiger partial charge in [0.15, 0.2) is 0 Å². The molecule has 72 valence electrons. The number of hydrogen-bond donors (Lipinski definition) is 0. The minimum Gasteiger partial charge on any atom is -0.0850 e. The average molecular weight is 168 g/mol. The average Bonchev–Trinajstić information content (AvgIpc) is 2.38. The van der Waals surface area contributed by atoms with Gasteiger partial charge >= 0.3 is 0 Å². The molecule has 0 saturated heterocycles. The second-order valence-electron chi connectivity index (χ2n) is 4.00. The first-order chi connectivity index (χ1) is 5.57. The van der Waals surface area contributed by atoms with Crippen molar-refractivity contribution in [1.82, 2.24) is 0 Å². The van der Waals surface area contributed by atoms with Crippen molar-refractivity contribution < 1.29 is 0 Å². The minimum absolute atomic E-state index is 0.514. The van der Waals surface area contributed by atoms with Crippen LogP contribution in [0.2, 0.25) is 0 Å². The van der Waals surface area contributed by atoms with Crippen LogP contribution in [-0.4, -0.2) is 0 Å². The molecule has 0 fully saturated rings. The Hall–Kier alpha value is -0.260. The second kappa shape index (κ2) is 4.69. The van der Waals surface area contributed by atoms with Crippen LogP contribution >= 0.6 is 0 Å². The Bertz CT molecular complexity index is 153. The van der Waals surface area contributed by atoms with Crippen molar-refractivity contribution in [1.29, 1.82) is 0 Å². The van der Waals surface area contributed by atoms with E-state index in [-0.39, 0.29) is 0 Å². The Labute approximate surface area is 78.1 Å². The molecule has 1 atom stereocenters. The van der Waals surface area contributed by atoms with Gasteiger partial charge in [0.05, 0.1) is 0 Å². The summed E-state index contributed by atoms with van der Waals surface area (Å²) in [5.41, 5.74) is 2.11. The highest BCUT2D eigenvalue weighted by molar-refractivity contribution is 5.17. The first-order valence-electron chi connectivity index (χ1n) is 5.24. The van der Waals surface area contributed by atoms with E-state index in [2.05, 4.69) is 33.8 Å². The van der Waals surface area contributed by atoms with E-state index < -0.39 is 0 Å². The van der Waals surface area contributed by atoms with E-state index in [1.165, 1.54) is 12.8 Å². The molecule has 0 aromatic carbocycles. The summed E-state index contributed by atoms with van der Waals surface area (Å²) in [7, 11) is 0. The third kappa shape index (κ3) is 2.12. The van der Waals surface area contributed by atoms with E-state index in [9.17, 15) is 0 Å². The highest BCUT2D eigenvalue weighted by Crippen LogP contribution is 2.44. The molecular weight excluding hydrogens is 144 g/mol. The minimum atomic E-state index is 0.514. The maximum Gasteiger partial charge on any atom is -0.00932 e. The smallest absolute Gasteiger partial charge is 0.00932 e. The Morgan fingerprint density at radius 2 is 1.83 bits per heavy atom. The van der Waals surface area contributed by atoms with Gasteiger partial charge in [0.2, 0.25) is 0 Å². The predicted octanol–water partition coefficient (Wildman–Crippen LogP) is 4.42. The van der Waals surface area contributed by atoms with Gasteiger partial charge in [-0.15, -0.1) is 0 Å². The fraction of sp³-hybridized carbons (Fsp3) is 0.833. The Morgan fingerprint density at radius 1 is 1.33 bits per heavy atom. The summed E-state index contributed by atoms with van der Waals surface area (Å²) >= 11 is 0. The molecule has 1 aliphatic rings. The molecule has 0 spiro atoms. The molecule has 0 amide bonds. The van der Waals surface area contributed by atoms with Gasteiger partial charge in [-0.2, -0.15) is 0 Å². The lowest BCUT2D eigenvalue weighted by Crippen LogP contribution is -2.21. The standard InChI is InChI=1S/C10H18.C2H6/c1-8(2)10(4)7-5-6-9(10)3;1-2/h6,8H,5,7H2,1-4H3;1-2H3. The maximum absolute atomic E-state index is 2.39. The van der Waals surface area contributed by atoms with Gasteiger partial charge in [-0.3, -0.25) is 0 Å². The van der Waals surface area contributed by atoms with Gasteiger partial charge in [-0.05, 0) is 31.1 Å². The summed E-state index contributed by atoms with van der Waals surface area (Å²) in [6.07, 6.45) is 5.04. The Balaban J connectivity index is 0.000000561. The number of hydrogen-bond acceptors (Lipinski definition) is 0. The Kier molecular flexibility index (Phi) is 4.59. The van der Waals surface area contributed by atoms with E-state index >= 15 is 0 Å². The molecule has 0 N–H and O–H groups in total. The Morgan fingerprint density at radius 3 is 2.00 bits per heavy atom. The van der Waals surface area contributed by atoms with Crippen LogP contribution in [0.15, 0.2) is 11.6 Å². The lowest BCUT2D eigenvalue weighted by atomic mass is 9.74. The van der Waals surface area contributed by atoms with Gasteiger partial charge < -0.3 is 0 Å². The van der Waals surface area contributed by atoms with Crippen molar-refractivity contribution in [2.24, 2.45) is 11.3 Å². The molecule has 1 unspecified atom stereocenters. The summed E-state index contributed by atoms with van der Waals surface area (Å²) < 4.78 is 0. The molecule has 0 bridgehead atoms. The molecule has 0 radical (unpaired) electrons. The van der Waals surface area contributed by atoms with Gasteiger partial charge in [0.25, 0.3) is 0 Å². The molecule has 0 heteroatoms. The van der Waals surface area contributed by atoms with Crippen molar-refractivity contribution in [3.63, 3.8) is 0 Å². The van der Waals surface area contributed by atoms with E-state index in [0.29, 0.717) is 5.41 Å². The van der Waals surface area contributed by atoms with Crippen LogP contribution in [0.3, 0.4) is 0 Å². The van der Waals surface area contributed by atoms with Crippen molar-refractivity contribution >= 4 is 0 Å². The van der Waals surface area contributed by atoms with Gasteiger partial charge in [-0.25, -0.2) is 0 Å². The quantitative estimate of drug-likeness (QED) is 0.509. The normalized spacial score (nSPS) is 28.1. The highest BCUT2D eigenvalue weighted by Gasteiger charge is 2.32. The third-order valence-electron chi connectivity index (χ3n) is 3.29. The first-order valence-corrected chi connectivity index (χ1v) is 5.24. The first kappa shape index (κ1) is 11.7. The molecule has 0 saturated carbocycles. The van der Waals surface area contributed by atoms with Crippen LogP contribution in [0.1, 0.15) is 54.4 Å². The summed E-state index contributed by atoms with van der Waals surface area (Å²) in [5.74, 6) is 0.797. The molecule has 0 heterocycles. The topological polar surface area (TPSA) is 0 Å². The van der Waals surface area contributed by atoms with Crippen LogP contribution in [0.4, 0.5) is 0 Å². The molecule has 0 aromatic rings. The molecule has 0 aromatic heterocycles. The second-order valence-corrected chi connectivity index (χ2v) is 4.00. The zero-order valence-corrected chi connectivity index (χ0v) is 9.57. The zero-order chi connectivity index (χ0) is 9.78. The predicted molar refractivity (Wildman–Crippen MR) is 57.3 cm³/mol. The third-order valence-corrected chi connectivity index (χ3v) is 3.29. The number of rotatable bonds is 1. The van der Waals surface area contributed by atoms with Crippen LogP contribution in [-0.2, 0) is 0 Å². The molecule has 1 rings (SSSR count). The van der Waals surface area contributed by atoms with E-state index in [1.54, 1.807) is 5.57 Å². The summed E-state index contributed by atoms with van der Waals surface area (Å²) in [4.78, 5) is 0. The summed E-state index contributed by atoms with van der Waals surface area (Å²) in [6, 6.07) is 0. The van der Waals surface area contributed by atoms with Crippen molar-refractivity contribution in [2.75, 3.05) is 0 Å².